The third kappa shape index (κ3) is 2.87. The minimum absolute atomic E-state index is 0.0212. The summed E-state index contributed by atoms with van der Waals surface area (Å²) < 4.78 is 25.9. The van der Waals surface area contributed by atoms with Gasteiger partial charge in [-0.1, -0.05) is 12.5 Å². The van der Waals surface area contributed by atoms with Crippen molar-refractivity contribution in [1.82, 2.24) is 4.90 Å². The second-order valence-electron chi connectivity index (χ2n) is 5.43. The number of rotatable bonds is 5. The molecule has 0 amide bonds. The number of benzene rings is 1. The highest BCUT2D eigenvalue weighted by molar-refractivity contribution is 5.17. The van der Waals surface area contributed by atoms with Crippen molar-refractivity contribution in [2.75, 3.05) is 20.2 Å². The molecular formula is C14H19F2NO. The van der Waals surface area contributed by atoms with Crippen molar-refractivity contribution in [2.24, 2.45) is 5.41 Å². The lowest BCUT2D eigenvalue weighted by molar-refractivity contribution is 0.0127. The van der Waals surface area contributed by atoms with Gasteiger partial charge in [0.15, 0.2) is 11.6 Å². The Bertz CT molecular complexity index is 413. The molecule has 2 rings (SSSR count). The van der Waals surface area contributed by atoms with E-state index in [4.69, 9.17) is 0 Å². The average molecular weight is 255 g/mol. The molecule has 0 saturated heterocycles. The van der Waals surface area contributed by atoms with Crippen molar-refractivity contribution in [3.63, 3.8) is 0 Å². The summed E-state index contributed by atoms with van der Waals surface area (Å²) in [5, 5.41) is 9.40. The Morgan fingerprint density at radius 3 is 2.50 bits per heavy atom. The molecule has 0 bridgehead atoms. The topological polar surface area (TPSA) is 23.5 Å². The maximum absolute atomic E-state index is 13.1. The van der Waals surface area contributed by atoms with Crippen molar-refractivity contribution in [3.8, 4) is 0 Å². The van der Waals surface area contributed by atoms with Gasteiger partial charge in [0.25, 0.3) is 0 Å². The first-order valence-corrected chi connectivity index (χ1v) is 6.28. The Morgan fingerprint density at radius 1 is 1.28 bits per heavy atom. The Labute approximate surface area is 106 Å². The predicted octanol–water partition coefficient (Wildman–Crippen LogP) is 2.56. The van der Waals surface area contributed by atoms with Gasteiger partial charge < -0.3 is 10.0 Å². The van der Waals surface area contributed by atoms with Gasteiger partial charge >= 0.3 is 0 Å². The van der Waals surface area contributed by atoms with Crippen LogP contribution in [0.1, 0.15) is 24.8 Å². The molecule has 4 heteroatoms. The van der Waals surface area contributed by atoms with Crippen LogP contribution in [0.25, 0.3) is 0 Å². The molecule has 18 heavy (non-hydrogen) atoms. The quantitative estimate of drug-likeness (QED) is 0.874. The van der Waals surface area contributed by atoms with E-state index in [1.165, 1.54) is 12.5 Å². The SMILES string of the molecule is CN(Cc1ccc(F)c(F)c1)CC1(CO)CCC1. The lowest BCUT2D eigenvalue weighted by atomic mass is 9.69. The molecule has 1 fully saturated rings. The van der Waals surface area contributed by atoms with Gasteiger partial charge in [-0.25, -0.2) is 8.78 Å². The van der Waals surface area contributed by atoms with Crippen molar-refractivity contribution < 1.29 is 13.9 Å². The van der Waals surface area contributed by atoms with Crippen LogP contribution in [0, 0.1) is 17.0 Å². The van der Waals surface area contributed by atoms with Crippen molar-refractivity contribution >= 4 is 0 Å². The van der Waals surface area contributed by atoms with Crippen LogP contribution in [0.4, 0.5) is 8.78 Å². The molecule has 0 spiro atoms. The molecule has 100 valence electrons. The predicted molar refractivity (Wildman–Crippen MR) is 66.1 cm³/mol. The van der Waals surface area contributed by atoms with Crippen LogP contribution in [-0.2, 0) is 6.54 Å². The molecule has 1 N–H and O–H groups in total. The number of hydrogen-bond acceptors (Lipinski definition) is 2. The first kappa shape index (κ1) is 13.4. The maximum atomic E-state index is 13.1. The van der Waals surface area contributed by atoms with Gasteiger partial charge in [-0.15, -0.1) is 0 Å². The van der Waals surface area contributed by atoms with Gasteiger partial charge in [-0.2, -0.15) is 0 Å². The lowest BCUT2D eigenvalue weighted by Crippen LogP contribution is -2.43. The van der Waals surface area contributed by atoms with E-state index in [9.17, 15) is 13.9 Å². The minimum Gasteiger partial charge on any atom is -0.396 e. The summed E-state index contributed by atoms with van der Waals surface area (Å²) in [7, 11) is 1.94. The number of hydrogen-bond donors (Lipinski definition) is 1. The van der Waals surface area contributed by atoms with Crippen LogP contribution >= 0.6 is 0 Å². The second-order valence-corrected chi connectivity index (χ2v) is 5.43. The van der Waals surface area contributed by atoms with Gasteiger partial charge in [0.2, 0.25) is 0 Å². The Balaban J connectivity index is 1.94. The zero-order chi connectivity index (χ0) is 13.2. The molecule has 0 heterocycles. The summed E-state index contributed by atoms with van der Waals surface area (Å²) in [6.07, 6.45) is 3.26. The van der Waals surface area contributed by atoms with Crippen LogP contribution in [0.15, 0.2) is 18.2 Å². The number of halogens is 2. The Morgan fingerprint density at radius 2 is 2.00 bits per heavy atom. The molecule has 0 radical (unpaired) electrons. The van der Waals surface area contributed by atoms with Crippen LogP contribution in [0.3, 0.4) is 0 Å². The molecule has 0 aromatic heterocycles. The van der Waals surface area contributed by atoms with E-state index in [-0.39, 0.29) is 12.0 Å². The molecular weight excluding hydrogens is 236 g/mol. The highest BCUT2D eigenvalue weighted by atomic mass is 19.2. The van der Waals surface area contributed by atoms with E-state index in [1.54, 1.807) is 6.07 Å². The van der Waals surface area contributed by atoms with Crippen molar-refractivity contribution in [3.05, 3.63) is 35.4 Å². The fourth-order valence-corrected chi connectivity index (χ4v) is 2.62. The fraction of sp³-hybridized carbons (Fsp3) is 0.571. The van der Waals surface area contributed by atoms with E-state index in [2.05, 4.69) is 4.90 Å². The number of aliphatic hydroxyl groups is 1. The van der Waals surface area contributed by atoms with E-state index in [0.29, 0.717) is 6.54 Å². The normalized spacial score (nSPS) is 17.8. The van der Waals surface area contributed by atoms with Crippen molar-refractivity contribution in [2.45, 2.75) is 25.8 Å². The van der Waals surface area contributed by atoms with Gasteiger partial charge in [0.05, 0.1) is 0 Å². The molecule has 1 aliphatic carbocycles. The summed E-state index contributed by atoms with van der Waals surface area (Å²) in [6.45, 7) is 1.57. The van der Waals surface area contributed by atoms with Crippen LogP contribution in [0.5, 0.6) is 0 Å². The van der Waals surface area contributed by atoms with E-state index in [1.807, 2.05) is 7.05 Å². The summed E-state index contributed by atoms with van der Waals surface area (Å²) in [5.41, 5.74) is 0.775. The average Bonchev–Trinajstić information content (AvgIpc) is 2.29. The molecule has 0 unspecified atom stereocenters. The van der Waals surface area contributed by atoms with Crippen LogP contribution in [0.2, 0.25) is 0 Å². The minimum atomic E-state index is -0.813. The summed E-state index contributed by atoms with van der Waals surface area (Å²) in [5.74, 6) is -1.62. The van der Waals surface area contributed by atoms with Gasteiger partial charge in [-0.3, -0.25) is 0 Å². The fourth-order valence-electron chi connectivity index (χ4n) is 2.62. The number of nitrogens with zero attached hydrogens (tertiary/aromatic N) is 1. The molecule has 0 atom stereocenters. The van der Waals surface area contributed by atoms with Crippen LogP contribution < -0.4 is 0 Å². The molecule has 0 aliphatic heterocycles. The molecule has 2 nitrogen and oxygen atoms in total. The number of aliphatic hydroxyl groups excluding tert-OH is 1. The first-order chi connectivity index (χ1) is 8.54. The standard InChI is InChI=1S/C14H19F2NO/c1-17(9-14(10-18)5-2-6-14)8-11-3-4-12(15)13(16)7-11/h3-4,7,18H,2,5-6,8-10H2,1H3. The smallest absolute Gasteiger partial charge is 0.159 e. The molecule has 1 aromatic rings. The first-order valence-electron chi connectivity index (χ1n) is 6.28. The third-order valence-electron chi connectivity index (χ3n) is 3.79. The van der Waals surface area contributed by atoms with Gasteiger partial charge in [0, 0.05) is 25.1 Å². The largest absolute Gasteiger partial charge is 0.396 e. The Hall–Kier alpha value is -1.00. The zero-order valence-electron chi connectivity index (χ0n) is 10.6. The lowest BCUT2D eigenvalue weighted by Gasteiger charge is -2.43. The second kappa shape index (κ2) is 5.33. The van der Waals surface area contributed by atoms with E-state index >= 15 is 0 Å². The van der Waals surface area contributed by atoms with Crippen LogP contribution in [-0.4, -0.2) is 30.2 Å². The van der Waals surface area contributed by atoms with E-state index < -0.39 is 11.6 Å². The summed E-state index contributed by atoms with van der Waals surface area (Å²) >= 11 is 0. The van der Waals surface area contributed by atoms with Gasteiger partial charge in [0.1, 0.15) is 0 Å². The molecule has 1 aliphatic rings. The monoisotopic (exact) mass is 255 g/mol. The summed E-state index contributed by atoms with van der Waals surface area (Å²) in [6, 6.07) is 3.99. The summed E-state index contributed by atoms with van der Waals surface area (Å²) in [4.78, 5) is 2.06. The highest BCUT2D eigenvalue weighted by Crippen LogP contribution is 2.40. The Kier molecular flexibility index (Phi) is 3.97. The third-order valence-corrected chi connectivity index (χ3v) is 3.79. The van der Waals surface area contributed by atoms with Crippen molar-refractivity contribution in [1.29, 1.82) is 0 Å². The molecule has 1 saturated carbocycles. The van der Waals surface area contributed by atoms with Gasteiger partial charge in [-0.05, 0) is 37.6 Å². The zero-order valence-corrected chi connectivity index (χ0v) is 10.6. The molecule has 1 aromatic carbocycles. The van der Waals surface area contributed by atoms with E-state index in [0.717, 1.165) is 31.0 Å². The highest BCUT2D eigenvalue weighted by Gasteiger charge is 2.37. The maximum Gasteiger partial charge on any atom is 0.159 e.